The number of hydrogen-bond acceptors (Lipinski definition) is 3. The molecule has 0 saturated carbocycles. The first-order valence-electron chi connectivity index (χ1n) is 12.9. The summed E-state index contributed by atoms with van der Waals surface area (Å²) >= 11 is 0. The minimum atomic E-state index is -4.42. The van der Waals surface area contributed by atoms with Gasteiger partial charge in [0.2, 0.25) is 0 Å². The Balaban J connectivity index is 1.55. The maximum absolute atomic E-state index is 13.4. The van der Waals surface area contributed by atoms with Crippen molar-refractivity contribution in [1.29, 1.82) is 0 Å². The second-order valence-corrected chi connectivity index (χ2v) is 9.66. The van der Waals surface area contributed by atoms with Gasteiger partial charge in [-0.3, -0.25) is 4.79 Å². The lowest BCUT2D eigenvalue weighted by Crippen LogP contribution is -2.06. The van der Waals surface area contributed by atoms with Crippen molar-refractivity contribution in [2.75, 3.05) is 6.61 Å². The van der Waals surface area contributed by atoms with Gasteiger partial charge in [0.05, 0.1) is 12.2 Å². The molecule has 0 atom stereocenters. The second kappa shape index (κ2) is 11.3. The Bertz CT molecular complexity index is 1660. The Kier molecular flexibility index (Phi) is 7.65. The summed E-state index contributed by atoms with van der Waals surface area (Å²) in [6.45, 7) is 3.67. The molecule has 0 bridgehead atoms. The molecule has 40 heavy (non-hydrogen) atoms. The molecule has 1 N–H and O–H groups in total. The number of esters is 1. The van der Waals surface area contributed by atoms with E-state index in [1.807, 2.05) is 72.8 Å². The number of alkyl halides is 3. The number of fused-ring (bicyclic) bond motifs is 1. The quantitative estimate of drug-likeness (QED) is 0.200. The monoisotopic (exact) mass is 543 g/mol. The Morgan fingerprint density at radius 1 is 0.875 bits per heavy atom. The van der Waals surface area contributed by atoms with Crippen LogP contribution in [0.2, 0.25) is 0 Å². The zero-order valence-electron chi connectivity index (χ0n) is 22.1. The van der Waals surface area contributed by atoms with E-state index in [-0.39, 0.29) is 12.6 Å². The smallest absolute Gasteiger partial charge is 0.416 e. The topological polar surface area (TPSA) is 51.3 Å². The number of rotatable bonds is 8. The van der Waals surface area contributed by atoms with E-state index in [4.69, 9.17) is 9.47 Å². The normalized spacial score (nSPS) is 11.5. The highest BCUT2D eigenvalue weighted by Crippen LogP contribution is 2.40. The van der Waals surface area contributed by atoms with Crippen LogP contribution in [0.1, 0.15) is 29.2 Å². The van der Waals surface area contributed by atoms with E-state index in [0.717, 1.165) is 44.9 Å². The van der Waals surface area contributed by atoms with Gasteiger partial charge < -0.3 is 14.5 Å². The van der Waals surface area contributed by atoms with Crippen LogP contribution in [0.15, 0.2) is 91.0 Å². The molecule has 0 aliphatic rings. The number of hydrogen-bond donors (Lipinski definition) is 1. The molecule has 7 heteroatoms. The van der Waals surface area contributed by atoms with Crippen LogP contribution in [-0.4, -0.2) is 17.6 Å². The molecule has 5 rings (SSSR count). The summed E-state index contributed by atoms with van der Waals surface area (Å²) in [5.41, 5.74) is 5.81. The molecule has 1 heterocycles. The SMILES string of the molecule is CC(=O)OCCc1cccc(-c2ccc(C(F)(F)F)cc2C)c1-c1cc2ccc(OCc3ccccc3)cc2[nH]1. The molecule has 0 aliphatic carbocycles. The molecule has 0 spiro atoms. The van der Waals surface area contributed by atoms with E-state index in [1.165, 1.54) is 19.1 Å². The highest BCUT2D eigenvalue weighted by Gasteiger charge is 2.31. The maximum Gasteiger partial charge on any atom is 0.416 e. The molecule has 5 aromatic rings. The number of nitrogens with one attached hydrogen (secondary N) is 1. The number of carbonyl (C=O) groups is 1. The third kappa shape index (κ3) is 6.04. The fourth-order valence-electron chi connectivity index (χ4n) is 4.87. The zero-order valence-corrected chi connectivity index (χ0v) is 22.1. The Morgan fingerprint density at radius 3 is 2.40 bits per heavy atom. The van der Waals surface area contributed by atoms with Crippen LogP contribution in [0.4, 0.5) is 13.2 Å². The van der Waals surface area contributed by atoms with Crippen molar-refractivity contribution < 1.29 is 27.4 Å². The maximum atomic E-state index is 13.4. The summed E-state index contributed by atoms with van der Waals surface area (Å²) in [4.78, 5) is 14.9. The number of aryl methyl sites for hydroxylation is 1. The van der Waals surface area contributed by atoms with Crippen molar-refractivity contribution in [3.05, 3.63) is 113 Å². The second-order valence-electron chi connectivity index (χ2n) is 9.66. The van der Waals surface area contributed by atoms with Crippen LogP contribution in [0, 0.1) is 6.92 Å². The molecule has 0 radical (unpaired) electrons. The number of benzene rings is 4. The fourth-order valence-corrected chi connectivity index (χ4v) is 4.87. The Morgan fingerprint density at radius 2 is 1.68 bits per heavy atom. The minimum Gasteiger partial charge on any atom is -0.489 e. The van der Waals surface area contributed by atoms with E-state index in [1.54, 1.807) is 6.92 Å². The van der Waals surface area contributed by atoms with Crippen LogP contribution < -0.4 is 4.74 Å². The number of carbonyl (C=O) groups excluding carboxylic acids is 1. The third-order valence-electron chi connectivity index (χ3n) is 6.78. The Labute approximate surface area is 230 Å². The lowest BCUT2D eigenvalue weighted by atomic mass is 9.89. The minimum absolute atomic E-state index is 0.190. The summed E-state index contributed by atoms with van der Waals surface area (Å²) in [6, 6.07) is 27.3. The lowest BCUT2D eigenvalue weighted by molar-refractivity contribution is -0.141. The van der Waals surface area contributed by atoms with E-state index in [0.29, 0.717) is 29.9 Å². The fraction of sp³-hybridized carbons (Fsp3) is 0.182. The molecule has 0 amide bonds. The van der Waals surface area contributed by atoms with Gasteiger partial charge in [0.25, 0.3) is 0 Å². The van der Waals surface area contributed by atoms with Crippen molar-refractivity contribution >= 4 is 16.9 Å². The van der Waals surface area contributed by atoms with E-state index in [2.05, 4.69) is 4.98 Å². The number of halogens is 3. The van der Waals surface area contributed by atoms with Crippen LogP contribution >= 0.6 is 0 Å². The average Bonchev–Trinajstić information content (AvgIpc) is 3.34. The number of H-pyrrole nitrogens is 1. The van der Waals surface area contributed by atoms with Gasteiger partial charge >= 0.3 is 12.1 Å². The molecule has 4 aromatic carbocycles. The highest BCUT2D eigenvalue weighted by atomic mass is 19.4. The summed E-state index contributed by atoms with van der Waals surface area (Å²) < 4.78 is 51.3. The number of ether oxygens (including phenoxy) is 2. The van der Waals surface area contributed by atoms with Gasteiger partial charge in [0.1, 0.15) is 12.4 Å². The molecular formula is C33H28F3NO3. The third-order valence-corrected chi connectivity index (χ3v) is 6.78. The molecule has 0 saturated heterocycles. The zero-order chi connectivity index (χ0) is 28.3. The van der Waals surface area contributed by atoms with Crippen LogP contribution in [0.3, 0.4) is 0 Å². The van der Waals surface area contributed by atoms with Crippen LogP contribution in [-0.2, 0) is 28.7 Å². The van der Waals surface area contributed by atoms with Gasteiger partial charge in [-0.25, -0.2) is 0 Å². The van der Waals surface area contributed by atoms with Gasteiger partial charge in [-0.05, 0) is 65.1 Å². The first-order valence-corrected chi connectivity index (χ1v) is 12.9. The van der Waals surface area contributed by atoms with Crippen molar-refractivity contribution in [3.63, 3.8) is 0 Å². The molecule has 1 aromatic heterocycles. The van der Waals surface area contributed by atoms with E-state index >= 15 is 0 Å². The van der Waals surface area contributed by atoms with Gasteiger partial charge in [-0.1, -0.05) is 54.6 Å². The van der Waals surface area contributed by atoms with E-state index in [9.17, 15) is 18.0 Å². The van der Waals surface area contributed by atoms with Crippen molar-refractivity contribution in [2.24, 2.45) is 0 Å². The average molecular weight is 544 g/mol. The van der Waals surface area contributed by atoms with Gasteiger partial charge in [-0.15, -0.1) is 0 Å². The first kappa shape index (κ1) is 27.1. The predicted octanol–water partition coefficient (Wildman–Crippen LogP) is 8.51. The molecule has 0 aliphatic heterocycles. The van der Waals surface area contributed by atoms with Crippen molar-refractivity contribution in [1.82, 2.24) is 4.98 Å². The molecule has 204 valence electrons. The van der Waals surface area contributed by atoms with E-state index < -0.39 is 11.7 Å². The largest absolute Gasteiger partial charge is 0.489 e. The van der Waals surface area contributed by atoms with Crippen molar-refractivity contribution in [2.45, 2.75) is 33.1 Å². The molecule has 0 unspecified atom stereocenters. The summed E-state index contributed by atoms with van der Waals surface area (Å²) in [5, 5.41) is 0.965. The number of aromatic amines is 1. The van der Waals surface area contributed by atoms with Gasteiger partial charge in [-0.2, -0.15) is 13.2 Å². The molecule has 4 nitrogen and oxygen atoms in total. The van der Waals surface area contributed by atoms with Gasteiger partial charge in [0.15, 0.2) is 0 Å². The van der Waals surface area contributed by atoms with Crippen molar-refractivity contribution in [3.8, 4) is 28.1 Å². The number of aromatic nitrogens is 1. The summed E-state index contributed by atoms with van der Waals surface area (Å²) in [5.74, 6) is 0.344. The highest BCUT2D eigenvalue weighted by molar-refractivity contribution is 5.93. The molecule has 0 fully saturated rings. The predicted molar refractivity (Wildman–Crippen MR) is 150 cm³/mol. The van der Waals surface area contributed by atoms with Crippen LogP contribution in [0.25, 0.3) is 33.3 Å². The van der Waals surface area contributed by atoms with Gasteiger partial charge in [0, 0.05) is 41.6 Å². The van der Waals surface area contributed by atoms with Crippen LogP contribution in [0.5, 0.6) is 5.75 Å². The molecular weight excluding hydrogens is 515 g/mol. The summed E-state index contributed by atoms with van der Waals surface area (Å²) in [7, 11) is 0. The first-order chi connectivity index (χ1) is 19.2. The summed E-state index contributed by atoms with van der Waals surface area (Å²) in [6.07, 6.45) is -3.97. The lowest BCUT2D eigenvalue weighted by Gasteiger charge is -2.17. The standard InChI is InChI=1S/C33H28F3NO3/c1-21-17-26(33(34,35)36)12-14-28(21)29-10-6-9-24(15-16-39-22(2)38)32(29)31-18-25-11-13-27(19-30(25)37-31)40-20-23-7-4-3-5-8-23/h3-14,17-19,37H,15-16,20H2,1-2H3. The Hall–Kier alpha value is -4.52.